The van der Waals surface area contributed by atoms with Gasteiger partial charge in [-0.1, -0.05) is 31.4 Å². The molecule has 1 aromatic rings. The molecule has 0 N–H and O–H groups in total. The fourth-order valence-electron chi connectivity index (χ4n) is 2.71. The lowest BCUT2D eigenvalue weighted by molar-refractivity contribution is 0.0961. The first-order valence-corrected chi connectivity index (χ1v) is 7.68. The molecule has 2 nitrogen and oxygen atoms in total. The Hall–Kier alpha value is -1.22. The lowest BCUT2D eigenvalue weighted by atomic mass is 10.0. The van der Waals surface area contributed by atoms with Gasteiger partial charge in [-0.15, -0.1) is 0 Å². The van der Waals surface area contributed by atoms with Crippen molar-refractivity contribution in [2.24, 2.45) is 0 Å². The number of ketones is 1. The summed E-state index contributed by atoms with van der Waals surface area (Å²) in [4.78, 5) is 14.5. The van der Waals surface area contributed by atoms with Crippen molar-refractivity contribution in [3.05, 3.63) is 35.1 Å². The van der Waals surface area contributed by atoms with E-state index in [2.05, 4.69) is 4.90 Å². The third-order valence-electron chi connectivity index (χ3n) is 4.10. The lowest BCUT2D eigenvalue weighted by Crippen LogP contribution is -2.29. The van der Waals surface area contributed by atoms with Gasteiger partial charge in [-0.05, 0) is 44.5 Å². The first-order chi connectivity index (χ1) is 9.66. The van der Waals surface area contributed by atoms with E-state index in [1.54, 1.807) is 19.1 Å². The standard InChI is InChI=1S/C17H24FNO/c1-14-7-8-15(13-16(14)18)17(20)9-12-19-10-5-3-2-4-6-11-19/h7-8,13H,2-6,9-12H2,1H3. The Morgan fingerprint density at radius 1 is 1.15 bits per heavy atom. The zero-order valence-corrected chi connectivity index (χ0v) is 12.3. The van der Waals surface area contributed by atoms with Crippen molar-refractivity contribution in [3.8, 4) is 0 Å². The molecule has 20 heavy (non-hydrogen) atoms. The van der Waals surface area contributed by atoms with Crippen LogP contribution in [0.25, 0.3) is 0 Å². The van der Waals surface area contributed by atoms with Crippen LogP contribution in [0.4, 0.5) is 4.39 Å². The number of carbonyl (C=O) groups excluding carboxylic acids is 1. The molecule has 1 heterocycles. The van der Waals surface area contributed by atoms with Gasteiger partial charge in [-0.25, -0.2) is 4.39 Å². The minimum absolute atomic E-state index is 0.0472. The van der Waals surface area contributed by atoms with Crippen molar-refractivity contribution >= 4 is 5.78 Å². The molecule has 0 saturated carbocycles. The molecule has 110 valence electrons. The summed E-state index contributed by atoms with van der Waals surface area (Å²) in [7, 11) is 0. The third kappa shape index (κ3) is 4.41. The second kappa shape index (κ2) is 7.53. The van der Waals surface area contributed by atoms with Gasteiger partial charge in [0.15, 0.2) is 5.78 Å². The van der Waals surface area contributed by atoms with Crippen molar-refractivity contribution in [2.75, 3.05) is 19.6 Å². The number of likely N-dealkylation sites (tertiary alicyclic amines) is 1. The van der Waals surface area contributed by atoms with Crippen molar-refractivity contribution in [1.82, 2.24) is 4.90 Å². The van der Waals surface area contributed by atoms with Crippen LogP contribution in [0.5, 0.6) is 0 Å². The Morgan fingerprint density at radius 3 is 2.45 bits per heavy atom. The summed E-state index contributed by atoms with van der Waals surface area (Å²) in [6.07, 6.45) is 6.89. The normalized spacial score (nSPS) is 17.5. The molecular formula is C17H24FNO. The predicted octanol–water partition coefficient (Wildman–Crippen LogP) is 3.97. The lowest BCUT2D eigenvalue weighted by Gasteiger charge is -2.24. The maximum absolute atomic E-state index is 13.5. The van der Waals surface area contributed by atoms with Crippen molar-refractivity contribution in [2.45, 2.75) is 45.4 Å². The first kappa shape index (κ1) is 15.2. The van der Waals surface area contributed by atoms with E-state index in [1.807, 2.05) is 0 Å². The van der Waals surface area contributed by atoms with Gasteiger partial charge in [0.1, 0.15) is 5.82 Å². The molecule has 0 atom stereocenters. The van der Waals surface area contributed by atoms with Crippen LogP contribution in [0.2, 0.25) is 0 Å². The van der Waals surface area contributed by atoms with Gasteiger partial charge >= 0.3 is 0 Å². The van der Waals surface area contributed by atoms with Crippen LogP contribution < -0.4 is 0 Å². The number of benzene rings is 1. The summed E-state index contributed by atoms with van der Waals surface area (Å²) in [6.45, 7) is 4.70. The highest BCUT2D eigenvalue weighted by Crippen LogP contribution is 2.13. The summed E-state index contributed by atoms with van der Waals surface area (Å²) >= 11 is 0. The molecule has 1 saturated heterocycles. The predicted molar refractivity (Wildman–Crippen MR) is 79.6 cm³/mol. The van der Waals surface area contributed by atoms with E-state index >= 15 is 0 Å². The van der Waals surface area contributed by atoms with Crippen LogP contribution in [0, 0.1) is 12.7 Å². The Morgan fingerprint density at radius 2 is 1.80 bits per heavy atom. The molecule has 0 spiro atoms. The monoisotopic (exact) mass is 277 g/mol. The van der Waals surface area contributed by atoms with Gasteiger partial charge in [-0.2, -0.15) is 0 Å². The molecule has 1 aromatic carbocycles. The van der Waals surface area contributed by atoms with Gasteiger partial charge < -0.3 is 4.90 Å². The quantitative estimate of drug-likeness (QED) is 0.776. The Bertz CT molecular complexity index is 450. The fourth-order valence-corrected chi connectivity index (χ4v) is 2.71. The van der Waals surface area contributed by atoms with Gasteiger partial charge in [0.2, 0.25) is 0 Å². The zero-order valence-electron chi connectivity index (χ0n) is 12.3. The second-order valence-corrected chi connectivity index (χ2v) is 5.75. The average Bonchev–Trinajstić information content (AvgIpc) is 2.40. The minimum atomic E-state index is -0.290. The van der Waals surface area contributed by atoms with Gasteiger partial charge in [0.25, 0.3) is 0 Å². The molecule has 0 radical (unpaired) electrons. The van der Waals surface area contributed by atoms with Gasteiger partial charge in [0, 0.05) is 18.5 Å². The highest BCUT2D eigenvalue weighted by molar-refractivity contribution is 5.96. The number of rotatable bonds is 4. The maximum Gasteiger partial charge on any atom is 0.164 e. The topological polar surface area (TPSA) is 20.3 Å². The van der Waals surface area contributed by atoms with E-state index in [-0.39, 0.29) is 11.6 Å². The highest BCUT2D eigenvalue weighted by atomic mass is 19.1. The number of hydrogen-bond donors (Lipinski definition) is 0. The number of hydrogen-bond acceptors (Lipinski definition) is 2. The number of halogens is 1. The summed E-state index contributed by atoms with van der Waals surface area (Å²) < 4.78 is 13.5. The smallest absolute Gasteiger partial charge is 0.164 e. The molecule has 0 bridgehead atoms. The van der Waals surface area contributed by atoms with Crippen LogP contribution in [0.3, 0.4) is 0 Å². The van der Waals surface area contributed by atoms with E-state index in [0.29, 0.717) is 17.5 Å². The SMILES string of the molecule is Cc1ccc(C(=O)CCN2CCCCCCC2)cc1F. The fraction of sp³-hybridized carbons (Fsp3) is 0.588. The minimum Gasteiger partial charge on any atom is -0.303 e. The van der Waals surface area contributed by atoms with E-state index in [1.165, 1.54) is 38.2 Å². The van der Waals surface area contributed by atoms with Crippen molar-refractivity contribution in [3.63, 3.8) is 0 Å². The van der Waals surface area contributed by atoms with Gasteiger partial charge in [0.05, 0.1) is 0 Å². The number of Topliss-reactive ketones (excluding diaryl/α,β-unsaturated/α-hetero) is 1. The van der Waals surface area contributed by atoms with E-state index in [4.69, 9.17) is 0 Å². The Labute approximate surface area is 121 Å². The molecule has 0 unspecified atom stereocenters. The van der Waals surface area contributed by atoms with Crippen molar-refractivity contribution in [1.29, 1.82) is 0 Å². The maximum atomic E-state index is 13.5. The molecule has 1 aliphatic rings. The van der Waals surface area contributed by atoms with Crippen LogP contribution in [0.15, 0.2) is 18.2 Å². The zero-order chi connectivity index (χ0) is 14.4. The Balaban J connectivity index is 1.85. The number of aryl methyl sites for hydroxylation is 1. The van der Waals surface area contributed by atoms with Crippen LogP contribution >= 0.6 is 0 Å². The number of nitrogens with zero attached hydrogens (tertiary/aromatic N) is 1. The van der Waals surface area contributed by atoms with Crippen LogP contribution in [0.1, 0.15) is 54.4 Å². The summed E-state index contributed by atoms with van der Waals surface area (Å²) in [5, 5.41) is 0. The van der Waals surface area contributed by atoms with Crippen LogP contribution in [-0.4, -0.2) is 30.3 Å². The molecular weight excluding hydrogens is 253 g/mol. The summed E-state index contributed by atoms with van der Waals surface area (Å²) in [6, 6.07) is 4.78. The molecule has 1 fully saturated rings. The van der Waals surface area contributed by atoms with Crippen molar-refractivity contribution < 1.29 is 9.18 Å². The van der Waals surface area contributed by atoms with E-state index < -0.39 is 0 Å². The third-order valence-corrected chi connectivity index (χ3v) is 4.10. The molecule has 2 rings (SSSR count). The van der Waals surface area contributed by atoms with E-state index in [0.717, 1.165) is 19.6 Å². The molecule has 1 aliphatic heterocycles. The van der Waals surface area contributed by atoms with Gasteiger partial charge in [-0.3, -0.25) is 4.79 Å². The second-order valence-electron chi connectivity index (χ2n) is 5.75. The molecule has 0 amide bonds. The highest BCUT2D eigenvalue weighted by Gasteiger charge is 2.12. The molecule has 3 heteroatoms. The average molecular weight is 277 g/mol. The molecule has 0 aromatic heterocycles. The summed E-state index contributed by atoms with van der Waals surface area (Å²) in [5.74, 6) is -0.243. The number of carbonyl (C=O) groups is 1. The largest absolute Gasteiger partial charge is 0.303 e. The summed E-state index contributed by atoms with van der Waals surface area (Å²) in [5.41, 5.74) is 1.09. The van der Waals surface area contributed by atoms with E-state index in [9.17, 15) is 9.18 Å². The van der Waals surface area contributed by atoms with Crippen LogP contribution in [-0.2, 0) is 0 Å². The molecule has 0 aliphatic carbocycles. The Kier molecular flexibility index (Phi) is 5.72. The first-order valence-electron chi connectivity index (χ1n) is 7.68.